The summed E-state index contributed by atoms with van der Waals surface area (Å²) >= 11 is 0. The summed E-state index contributed by atoms with van der Waals surface area (Å²) < 4.78 is 10.1. The van der Waals surface area contributed by atoms with Crippen molar-refractivity contribution < 1.29 is 79.3 Å². The molecule has 0 heterocycles. The van der Waals surface area contributed by atoms with Gasteiger partial charge in [-0.3, -0.25) is 4.79 Å². The number of phenols is 3. The first kappa shape index (κ1) is 27.5. The van der Waals surface area contributed by atoms with Crippen molar-refractivity contribution in [2.24, 2.45) is 0 Å². The molecule has 0 saturated heterocycles. The number of aryl methyl sites for hydroxylation is 1. The molecule has 10 nitrogen and oxygen atoms in total. The molecule has 0 fully saturated rings. The summed E-state index contributed by atoms with van der Waals surface area (Å²) in [4.78, 5) is 23.6. The third-order valence-electron chi connectivity index (χ3n) is 4.47. The van der Waals surface area contributed by atoms with Crippen LogP contribution in [0.4, 0.5) is 0 Å². The Labute approximate surface area is 206 Å². The maximum atomic E-state index is 12.5. The van der Waals surface area contributed by atoms with E-state index in [1.165, 1.54) is 19.2 Å². The molecule has 0 spiro atoms. The van der Waals surface area contributed by atoms with Gasteiger partial charge in [0.2, 0.25) is 0 Å². The Morgan fingerprint density at radius 1 is 1.06 bits per heavy atom. The number of hydrogen-bond acceptors (Lipinski definition) is 10. The molecule has 0 aliphatic heterocycles. The van der Waals surface area contributed by atoms with Gasteiger partial charge in [0, 0.05) is 25.0 Å². The fourth-order valence-corrected chi connectivity index (χ4v) is 2.89. The Balaban J connectivity index is 0.00000512. The van der Waals surface area contributed by atoms with Crippen LogP contribution < -0.4 is 44.1 Å². The second kappa shape index (κ2) is 12.5. The molecule has 2 atom stereocenters. The van der Waals surface area contributed by atoms with Gasteiger partial charge >= 0.3 is 29.6 Å². The van der Waals surface area contributed by atoms with Gasteiger partial charge in [0.1, 0.15) is 28.9 Å². The summed E-state index contributed by atoms with van der Waals surface area (Å²) in [7, 11) is 1.40. The number of benzene rings is 2. The van der Waals surface area contributed by atoms with Crippen LogP contribution in [0.2, 0.25) is 0 Å². The van der Waals surface area contributed by atoms with Crippen LogP contribution in [0, 0.1) is 0 Å². The topological polar surface area (TPSA) is 177 Å². The van der Waals surface area contributed by atoms with Gasteiger partial charge in [-0.25, -0.2) is 0 Å². The van der Waals surface area contributed by atoms with Crippen molar-refractivity contribution in [3.8, 4) is 28.7 Å². The summed E-state index contributed by atoms with van der Waals surface area (Å²) in [5, 5.41) is 59.5. The summed E-state index contributed by atoms with van der Waals surface area (Å²) in [6.07, 6.45) is -3.42. The molecule has 0 radical (unpaired) electrons. The summed E-state index contributed by atoms with van der Waals surface area (Å²) in [6, 6.07) is 6.53. The maximum Gasteiger partial charge on any atom is 1.00 e. The molecule has 11 heteroatoms. The van der Waals surface area contributed by atoms with Crippen molar-refractivity contribution in [2.75, 3.05) is 13.7 Å². The first-order chi connectivity index (χ1) is 14.7. The summed E-state index contributed by atoms with van der Waals surface area (Å²) in [6.45, 7) is -0.691. The molecule has 0 saturated carbocycles. The molecule has 0 aliphatic carbocycles. The van der Waals surface area contributed by atoms with Crippen LogP contribution in [0.3, 0.4) is 0 Å². The molecule has 0 bridgehead atoms. The fourth-order valence-electron chi connectivity index (χ4n) is 2.89. The number of carbonyl (C=O) groups is 2. The number of rotatable bonds is 11. The number of ether oxygens (including phenoxy) is 2. The van der Waals surface area contributed by atoms with Gasteiger partial charge in [0.15, 0.2) is 17.3 Å². The van der Waals surface area contributed by atoms with Gasteiger partial charge in [0.05, 0.1) is 25.8 Å². The largest absolute Gasteiger partial charge is 1.00 e. The molecule has 168 valence electrons. The number of phenolic OH excluding ortho intramolecular Hbond substituents is 3. The van der Waals surface area contributed by atoms with E-state index in [0.29, 0.717) is 5.56 Å². The zero-order chi connectivity index (χ0) is 23.1. The summed E-state index contributed by atoms with van der Waals surface area (Å²) in [5.41, 5.74) is 0.260. The molecular formula is C21H23NaO10. The Kier molecular flexibility index (Phi) is 10.8. The van der Waals surface area contributed by atoms with Crippen molar-refractivity contribution in [1.29, 1.82) is 0 Å². The molecule has 2 aromatic carbocycles. The molecule has 0 amide bonds. The number of carbonyl (C=O) groups excluding carboxylic acids is 2. The molecule has 2 rings (SSSR count). The van der Waals surface area contributed by atoms with E-state index in [9.17, 15) is 35.1 Å². The standard InChI is InChI=1S/C21H24O10.Na/c1-30-18-5-3-11(6-15(18)25)2-4-14(24)20-16(26)8-13(9-17(20)27)31-19(21(28)29)7-12(23)10-22;/h3,5-6,8-9,12,19,22-23,25-27H,2,4,7,10H2,1H3,(H,28,29);/q;+1/p-1. The third-order valence-corrected chi connectivity index (χ3v) is 4.47. The van der Waals surface area contributed by atoms with Gasteiger partial charge in [-0.05, 0) is 24.1 Å². The SMILES string of the molecule is COc1ccc(CCC(=O)c2c(O)cc(OC(CC(O)CO)C(=O)[O-])cc2O)cc1O.[Na+]. The zero-order valence-corrected chi connectivity index (χ0v) is 19.6. The minimum atomic E-state index is -1.67. The zero-order valence-electron chi connectivity index (χ0n) is 17.6. The number of aromatic hydroxyl groups is 3. The Bertz CT molecular complexity index is 923. The van der Waals surface area contributed by atoms with Crippen LogP contribution >= 0.6 is 0 Å². The van der Waals surface area contributed by atoms with E-state index in [4.69, 9.17) is 14.6 Å². The minimum absolute atomic E-state index is 0. The number of ketones is 1. The third kappa shape index (κ3) is 7.28. The van der Waals surface area contributed by atoms with Crippen molar-refractivity contribution in [3.05, 3.63) is 41.5 Å². The fraction of sp³-hybridized carbons (Fsp3) is 0.333. The average molecular weight is 458 g/mol. The van der Waals surface area contributed by atoms with E-state index < -0.39 is 48.5 Å². The first-order valence-corrected chi connectivity index (χ1v) is 9.27. The van der Waals surface area contributed by atoms with Crippen molar-refractivity contribution in [1.82, 2.24) is 0 Å². The van der Waals surface area contributed by atoms with Gasteiger partial charge < -0.3 is 44.9 Å². The number of carboxylic acid groups (broad SMARTS) is 1. The molecule has 2 aromatic rings. The molecule has 0 aromatic heterocycles. The maximum absolute atomic E-state index is 12.5. The van der Waals surface area contributed by atoms with Crippen LogP contribution in [0.15, 0.2) is 30.3 Å². The second-order valence-electron chi connectivity index (χ2n) is 6.76. The van der Waals surface area contributed by atoms with Crippen molar-refractivity contribution >= 4 is 11.8 Å². The van der Waals surface area contributed by atoms with Crippen molar-refractivity contribution in [2.45, 2.75) is 31.5 Å². The number of aliphatic hydroxyl groups is 2. The predicted molar refractivity (Wildman–Crippen MR) is 104 cm³/mol. The number of Topliss-reactive ketones (excluding diaryl/α,β-unsaturated/α-hetero) is 1. The monoisotopic (exact) mass is 458 g/mol. The number of aliphatic hydroxyl groups excluding tert-OH is 2. The van der Waals surface area contributed by atoms with E-state index in [1.807, 2.05) is 0 Å². The van der Waals surface area contributed by atoms with E-state index in [-0.39, 0.29) is 65.2 Å². The first-order valence-electron chi connectivity index (χ1n) is 9.27. The van der Waals surface area contributed by atoms with Gasteiger partial charge in [-0.2, -0.15) is 0 Å². The quantitative estimate of drug-likeness (QED) is 0.171. The van der Waals surface area contributed by atoms with Gasteiger partial charge in [-0.1, -0.05) is 6.07 Å². The average Bonchev–Trinajstić information content (AvgIpc) is 2.71. The van der Waals surface area contributed by atoms with E-state index in [0.717, 1.165) is 12.1 Å². The van der Waals surface area contributed by atoms with E-state index in [1.54, 1.807) is 6.07 Å². The van der Waals surface area contributed by atoms with Crippen LogP contribution in [0.5, 0.6) is 28.7 Å². The molecule has 32 heavy (non-hydrogen) atoms. The van der Waals surface area contributed by atoms with Crippen LogP contribution in [-0.2, 0) is 11.2 Å². The number of hydrogen-bond donors (Lipinski definition) is 5. The Morgan fingerprint density at radius 3 is 2.19 bits per heavy atom. The minimum Gasteiger partial charge on any atom is -0.546 e. The number of methoxy groups -OCH3 is 1. The normalized spacial score (nSPS) is 12.3. The predicted octanol–water partition coefficient (Wildman–Crippen LogP) is -3.13. The second-order valence-corrected chi connectivity index (χ2v) is 6.76. The molecule has 0 aliphatic rings. The molecule has 5 N–H and O–H groups in total. The Morgan fingerprint density at radius 2 is 1.69 bits per heavy atom. The Hall–Kier alpha value is -2.50. The van der Waals surface area contributed by atoms with Crippen molar-refractivity contribution in [3.63, 3.8) is 0 Å². The molecule has 2 unspecified atom stereocenters. The van der Waals surface area contributed by atoms with E-state index >= 15 is 0 Å². The van der Waals surface area contributed by atoms with Crippen LogP contribution in [0.1, 0.15) is 28.8 Å². The van der Waals surface area contributed by atoms with E-state index in [2.05, 4.69) is 0 Å². The van der Waals surface area contributed by atoms with Gasteiger partial charge in [0.25, 0.3) is 0 Å². The van der Waals surface area contributed by atoms with Crippen LogP contribution in [0.25, 0.3) is 0 Å². The number of aliphatic carboxylic acids is 1. The van der Waals surface area contributed by atoms with Crippen LogP contribution in [-0.4, -0.2) is 63.2 Å². The smallest absolute Gasteiger partial charge is 0.546 e. The summed E-state index contributed by atoms with van der Waals surface area (Å²) in [5.74, 6) is -3.60. The number of carboxylic acids is 1. The molecular weight excluding hydrogens is 435 g/mol. The van der Waals surface area contributed by atoms with Gasteiger partial charge in [-0.15, -0.1) is 0 Å².